The molecule has 0 bridgehead atoms. The summed E-state index contributed by atoms with van der Waals surface area (Å²) < 4.78 is 0. The van der Waals surface area contributed by atoms with Crippen LogP contribution in [0.2, 0.25) is 0 Å². The van der Waals surface area contributed by atoms with E-state index < -0.39 is 15.8 Å². The first-order valence-electron chi connectivity index (χ1n) is 23.1. The van der Waals surface area contributed by atoms with Gasteiger partial charge in [0.2, 0.25) is 0 Å². The molecular weight excluding hydrogens is 1070 g/mol. The van der Waals surface area contributed by atoms with Gasteiger partial charge in [-0.1, -0.05) is 205 Å². The molecular formula is C66H48Ag2P2+2. The van der Waals surface area contributed by atoms with Crippen molar-refractivity contribution in [2.75, 3.05) is 12.3 Å². The zero-order valence-corrected chi connectivity index (χ0v) is 43.2. The maximum atomic E-state index is 7.41. The van der Waals surface area contributed by atoms with E-state index in [1.807, 2.05) is 24.3 Å². The van der Waals surface area contributed by atoms with E-state index >= 15 is 0 Å². The van der Waals surface area contributed by atoms with Gasteiger partial charge in [0.1, 0.15) is 12.3 Å². The minimum Gasteiger partial charge on any atom is -0.366 e. The molecule has 70 heavy (non-hydrogen) atoms. The number of hydrogen-bond acceptors (Lipinski definition) is 0. The van der Waals surface area contributed by atoms with Crippen molar-refractivity contribution >= 4 is 102 Å². The second kappa shape index (κ2) is 24.0. The second-order valence-corrected chi connectivity index (χ2v) is 22.1. The first kappa shape index (κ1) is 50.1. The fraction of sp³-hybridized carbons (Fsp3) is 0.0303. The Balaban J connectivity index is 0.000000142. The van der Waals surface area contributed by atoms with Crippen molar-refractivity contribution in [3.8, 4) is 11.8 Å². The van der Waals surface area contributed by atoms with Crippen LogP contribution in [0.25, 0.3) is 64.6 Å². The van der Waals surface area contributed by atoms with Gasteiger partial charge < -0.3 is 12.8 Å². The molecule has 0 aromatic heterocycles. The molecule has 0 heterocycles. The molecule has 0 N–H and O–H groups in total. The van der Waals surface area contributed by atoms with Crippen molar-refractivity contribution in [1.29, 1.82) is 0 Å². The van der Waals surface area contributed by atoms with Crippen LogP contribution in [0.5, 0.6) is 0 Å². The zero-order chi connectivity index (χ0) is 46.1. The standard InChI is InChI=1S/C26H24P2.2C20H11.2Ag/c1-5-13-23(14-6-1)27(24-15-7-2-8-16-24)21-22-28(25-17-9-3-10-18-25)26-19-11-4-12-20-26;2*1-2-14-7-5-9-18-17(14)12-13-19-16-8-4-3-6-15(16)10-11-20(18)19;;/h1-20H,21-22H2;2*3-13H;;/q;2*-1;2*+1/p+2. The first-order valence-corrected chi connectivity index (χ1v) is 26.5. The summed E-state index contributed by atoms with van der Waals surface area (Å²) in [5, 5.41) is 20.7. The summed E-state index contributed by atoms with van der Waals surface area (Å²) in [6.45, 7) is 0. The minimum absolute atomic E-state index is 0. The Morgan fingerprint density at radius 1 is 0.243 bits per heavy atom. The van der Waals surface area contributed by atoms with Crippen LogP contribution in [0, 0.1) is 24.7 Å². The Bertz CT molecular complexity index is 3440. The molecule has 0 radical (unpaired) electrons. The van der Waals surface area contributed by atoms with E-state index in [0.717, 1.165) is 21.9 Å². The Kier molecular flexibility index (Phi) is 17.2. The van der Waals surface area contributed by atoms with Gasteiger partial charge in [0.05, 0.1) is 37.1 Å². The molecule has 0 saturated heterocycles. The normalized spacial score (nSPS) is 10.7. The molecule has 12 rings (SSSR count). The summed E-state index contributed by atoms with van der Waals surface area (Å²) in [5.41, 5.74) is 1.69. The van der Waals surface area contributed by atoms with E-state index in [1.165, 1.54) is 87.4 Å². The Morgan fingerprint density at radius 2 is 0.500 bits per heavy atom. The van der Waals surface area contributed by atoms with Gasteiger partial charge in [0, 0.05) is 0 Å². The van der Waals surface area contributed by atoms with Crippen molar-refractivity contribution in [2.45, 2.75) is 0 Å². The van der Waals surface area contributed by atoms with Gasteiger partial charge in [-0.15, -0.1) is 23.3 Å². The smallest absolute Gasteiger partial charge is 0.366 e. The summed E-state index contributed by atoms with van der Waals surface area (Å²) in [6.07, 6.45) is 17.4. The van der Waals surface area contributed by atoms with Crippen LogP contribution in [0.4, 0.5) is 0 Å². The van der Waals surface area contributed by atoms with Crippen molar-refractivity contribution in [1.82, 2.24) is 0 Å². The predicted molar refractivity (Wildman–Crippen MR) is 301 cm³/mol. The second-order valence-electron chi connectivity index (χ2n) is 16.9. The zero-order valence-electron chi connectivity index (χ0n) is 38.3. The predicted octanol–water partition coefficient (Wildman–Crippen LogP) is 14.9. The van der Waals surface area contributed by atoms with Crippen LogP contribution in [-0.4, -0.2) is 12.3 Å². The Morgan fingerprint density at radius 3 is 0.843 bits per heavy atom. The van der Waals surface area contributed by atoms with E-state index in [9.17, 15) is 0 Å². The van der Waals surface area contributed by atoms with E-state index in [0.29, 0.717) is 0 Å². The largest absolute Gasteiger partial charge is 1.00 e. The maximum Gasteiger partial charge on any atom is 1.00 e. The summed E-state index contributed by atoms with van der Waals surface area (Å²) >= 11 is 0. The molecule has 0 nitrogen and oxygen atoms in total. The molecule has 0 unspecified atom stereocenters. The van der Waals surface area contributed by atoms with Crippen LogP contribution in [0.15, 0.2) is 255 Å². The van der Waals surface area contributed by atoms with E-state index in [-0.39, 0.29) is 44.8 Å². The third-order valence-corrected chi connectivity index (χ3v) is 19.1. The molecule has 0 aliphatic heterocycles. The average Bonchev–Trinajstić information content (AvgIpc) is 3.42. The summed E-state index contributed by atoms with van der Waals surface area (Å²) in [4.78, 5) is 0. The van der Waals surface area contributed by atoms with Crippen molar-refractivity contribution < 1.29 is 44.8 Å². The molecule has 4 heteroatoms. The van der Waals surface area contributed by atoms with Gasteiger partial charge in [-0.2, -0.15) is 0 Å². The Labute approximate surface area is 445 Å². The molecule has 0 fully saturated rings. The third-order valence-electron chi connectivity index (χ3n) is 13.0. The summed E-state index contributed by atoms with van der Waals surface area (Å²) in [6, 6.07) is 90.7. The number of benzene rings is 12. The van der Waals surface area contributed by atoms with Crippen LogP contribution in [-0.2, 0) is 44.8 Å². The molecule has 0 saturated carbocycles. The molecule has 342 valence electrons. The van der Waals surface area contributed by atoms with Crippen LogP contribution in [0.3, 0.4) is 0 Å². The van der Waals surface area contributed by atoms with Gasteiger partial charge in [-0.3, -0.25) is 11.8 Å². The molecule has 0 amide bonds. The molecule has 0 atom stereocenters. The number of fused-ring (bicyclic) bond motifs is 10. The summed E-state index contributed by atoms with van der Waals surface area (Å²) in [5.74, 6) is 5.04. The number of rotatable bonds is 7. The third kappa shape index (κ3) is 10.8. The van der Waals surface area contributed by atoms with Gasteiger partial charge in [0.15, 0.2) is 0 Å². The van der Waals surface area contributed by atoms with Crippen molar-refractivity contribution in [3.63, 3.8) is 0 Å². The van der Waals surface area contributed by atoms with Gasteiger partial charge in [-0.05, 0) is 102 Å². The van der Waals surface area contributed by atoms with E-state index in [2.05, 4.69) is 242 Å². The topological polar surface area (TPSA) is 0 Å². The monoisotopic (exact) mass is 1120 g/mol. The van der Waals surface area contributed by atoms with E-state index in [1.54, 1.807) is 0 Å². The van der Waals surface area contributed by atoms with Crippen molar-refractivity contribution in [3.05, 3.63) is 279 Å². The molecule has 0 aliphatic rings. The quantitative estimate of drug-likeness (QED) is 0.0491. The average molecular weight is 1120 g/mol. The molecule has 0 aliphatic carbocycles. The maximum absolute atomic E-state index is 7.41. The molecule has 0 spiro atoms. The summed E-state index contributed by atoms with van der Waals surface area (Å²) in [7, 11) is -1.57. The van der Waals surface area contributed by atoms with Crippen molar-refractivity contribution in [2.24, 2.45) is 0 Å². The first-order chi connectivity index (χ1) is 33.7. The van der Waals surface area contributed by atoms with Gasteiger partial charge in [-0.25, -0.2) is 0 Å². The van der Waals surface area contributed by atoms with Gasteiger partial charge in [0.25, 0.3) is 0 Å². The molecule has 12 aromatic carbocycles. The van der Waals surface area contributed by atoms with Crippen LogP contribution in [0.1, 0.15) is 11.1 Å². The fourth-order valence-electron chi connectivity index (χ4n) is 9.65. The Hall–Kier alpha value is -6.34. The minimum atomic E-state index is -0.783. The van der Waals surface area contributed by atoms with Crippen LogP contribution >= 0.6 is 15.8 Å². The number of hydrogen-bond donors (Lipinski definition) is 0. The molecule has 12 aromatic rings. The fourth-order valence-corrected chi connectivity index (χ4v) is 15.8. The SMILES string of the molecule is [Ag+].[Ag+].[C-]#Cc1cccc2c1ccc1c3ccccc3ccc21.[C-]#Cc1cccc2c1ccc1c3ccccc3ccc21.c1ccc([PH+](CC[PH+](c2ccccc2)c2ccccc2)c2ccccc2)cc1. The van der Waals surface area contributed by atoms with Gasteiger partial charge >= 0.3 is 44.8 Å². The van der Waals surface area contributed by atoms with Crippen LogP contribution < -0.4 is 21.2 Å². The van der Waals surface area contributed by atoms with E-state index in [4.69, 9.17) is 12.8 Å².